The van der Waals surface area contributed by atoms with Gasteiger partial charge in [0.2, 0.25) is 0 Å². The first-order chi connectivity index (χ1) is 5.55. The predicted molar refractivity (Wildman–Crippen MR) is 45.8 cm³/mol. The van der Waals surface area contributed by atoms with E-state index in [1.54, 1.807) is 18.5 Å². The molecular formula is C7H10NO3P. The van der Waals surface area contributed by atoms with Crippen molar-refractivity contribution >= 4 is 7.60 Å². The van der Waals surface area contributed by atoms with Gasteiger partial charge in [0.05, 0.1) is 0 Å². The molecule has 1 atom stereocenters. The van der Waals surface area contributed by atoms with Crippen LogP contribution in [0.5, 0.6) is 0 Å². The predicted octanol–water partition coefficient (Wildman–Crippen LogP) is 1.42. The van der Waals surface area contributed by atoms with Crippen molar-refractivity contribution in [2.24, 2.45) is 0 Å². The molecule has 0 radical (unpaired) electrons. The minimum atomic E-state index is -4.10. The summed E-state index contributed by atoms with van der Waals surface area (Å²) in [5.74, 6) is 0. The first-order valence-electron chi connectivity index (χ1n) is 3.36. The van der Waals surface area contributed by atoms with Crippen LogP contribution in [-0.2, 0) is 4.57 Å². The molecule has 5 heteroatoms. The van der Waals surface area contributed by atoms with E-state index in [0.717, 1.165) is 0 Å². The highest BCUT2D eigenvalue weighted by molar-refractivity contribution is 7.52. The largest absolute Gasteiger partial charge is 0.367 e. The molecule has 12 heavy (non-hydrogen) atoms. The molecular weight excluding hydrogens is 177 g/mol. The van der Waals surface area contributed by atoms with E-state index in [1.807, 2.05) is 0 Å². The van der Waals surface area contributed by atoms with E-state index >= 15 is 0 Å². The lowest BCUT2D eigenvalue weighted by molar-refractivity contribution is 0.366. The minimum Gasteiger partial charge on any atom is -0.367 e. The van der Waals surface area contributed by atoms with Gasteiger partial charge in [0.25, 0.3) is 0 Å². The van der Waals surface area contributed by atoms with Gasteiger partial charge in [-0.05, 0) is 11.6 Å². The first-order valence-corrected chi connectivity index (χ1v) is 5.04. The van der Waals surface area contributed by atoms with Crippen LogP contribution in [0.25, 0.3) is 0 Å². The van der Waals surface area contributed by atoms with E-state index in [9.17, 15) is 4.57 Å². The zero-order valence-corrected chi connectivity index (χ0v) is 7.24. The molecule has 0 spiro atoms. The average molecular weight is 187 g/mol. The summed E-state index contributed by atoms with van der Waals surface area (Å²) >= 11 is 0. The Bertz CT molecular complexity index is 300. The number of H-pyrrole nitrogens is 1. The van der Waals surface area contributed by atoms with E-state index in [2.05, 4.69) is 11.6 Å². The van der Waals surface area contributed by atoms with Crippen LogP contribution in [0.4, 0.5) is 0 Å². The van der Waals surface area contributed by atoms with Gasteiger partial charge in [0.15, 0.2) is 0 Å². The van der Waals surface area contributed by atoms with Gasteiger partial charge in [0.1, 0.15) is 5.66 Å². The normalized spacial score (nSPS) is 14.2. The summed E-state index contributed by atoms with van der Waals surface area (Å²) in [7, 11) is -4.10. The smallest absolute Gasteiger partial charge is 0.336 e. The lowest BCUT2D eigenvalue weighted by Gasteiger charge is -2.11. The van der Waals surface area contributed by atoms with Crippen molar-refractivity contribution in [2.45, 2.75) is 5.66 Å². The Morgan fingerprint density at radius 2 is 2.33 bits per heavy atom. The second-order valence-electron chi connectivity index (χ2n) is 2.41. The molecule has 66 valence electrons. The Morgan fingerprint density at radius 1 is 1.67 bits per heavy atom. The zero-order chi connectivity index (χ0) is 9.19. The van der Waals surface area contributed by atoms with Gasteiger partial charge in [-0.3, -0.25) is 4.57 Å². The van der Waals surface area contributed by atoms with E-state index in [4.69, 9.17) is 9.79 Å². The fourth-order valence-electron chi connectivity index (χ4n) is 0.988. The maximum Gasteiger partial charge on any atom is 0.336 e. The minimum absolute atomic E-state index is 0.554. The van der Waals surface area contributed by atoms with Gasteiger partial charge in [-0.25, -0.2) is 0 Å². The quantitative estimate of drug-likeness (QED) is 0.494. The highest BCUT2D eigenvalue weighted by atomic mass is 31.2. The van der Waals surface area contributed by atoms with Crippen LogP contribution in [0, 0.1) is 0 Å². The first kappa shape index (κ1) is 9.26. The summed E-state index contributed by atoms with van der Waals surface area (Å²) in [6.07, 6.45) is 4.41. The van der Waals surface area contributed by atoms with E-state index < -0.39 is 13.3 Å². The second-order valence-corrected chi connectivity index (χ2v) is 4.15. The third-order valence-electron chi connectivity index (χ3n) is 1.55. The van der Waals surface area contributed by atoms with Crippen LogP contribution in [0.2, 0.25) is 0 Å². The van der Waals surface area contributed by atoms with Crippen LogP contribution >= 0.6 is 7.60 Å². The summed E-state index contributed by atoms with van der Waals surface area (Å²) in [5, 5.41) is 0. The summed E-state index contributed by atoms with van der Waals surface area (Å²) in [4.78, 5) is 20.5. The molecule has 0 bridgehead atoms. The van der Waals surface area contributed by atoms with Crippen molar-refractivity contribution in [1.82, 2.24) is 4.98 Å². The topological polar surface area (TPSA) is 73.3 Å². The third kappa shape index (κ3) is 1.85. The summed E-state index contributed by atoms with van der Waals surface area (Å²) in [5.41, 5.74) is -0.345. The maximum atomic E-state index is 10.9. The fourth-order valence-corrected chi connectivity index (χ4v) is 1.81. The highest BCUT2D eigenvalue weighted by Crippen LogP contribution is 2.52. The van der Waals surface area contributed by atoms with Crippen molar-refractivity contribution in [3.8, 4) is 0 Å². The Morgan fingerprint density at radius 3 is 2.67 bits per heavy atom. The van der Waals surface area contributed by atoms with E-state index in [-0.39, 0.29) is 0 Å². The Balaban J connectivity index is 3.00. The number of rotatable bonds is 3. The highest BCUT2D eigenvalue weighted by Gasteiger charge is 2.27. The molecule has 0 aromatic carbocycles. The summed E-state index contributed by atoms with van der Waals surface area (Å²) in [6, 6.07) is 1.62. The van der Waals surface area contributed by atoms with Gasteiger partial charge in [0, 0.05) is 12.4 Å². The molecule has 1 aromatic rings. The van der Waals surface area contributed by atoms with Crippen LogP contribution in [-0.4, -0.2) is 14.8 Å². The molecule has 1 unspecified atom stereocenters. The molecule has 0 aliphatic rings. The Hall–Kier alpha value is -0.830. The molecule has 1 rings (SSSR count). The van der Waals surface area contributed by atoms with Gasteiger partial charge >= 0.3 is 7.60 Å². The summed E-state index contributed by atoms with van der Waals surface area (Å²) < 4.78 is 10.9. The van der Waals surface area contributed by atoms with Gasteiger partial charge in [-0.1, -0.05) is 6.08 Å². The molecule has 0 amide bonds. The Kier molecular flexibility index (Phi) is 2.52. The molecule has 0 fully saturated rings. The number of hydrogen-bond acceptors (Lipinski definition) is 1. The molecule has 4 nitrogen and oxygen atoms in total. The number of aromatic nitrogens is 1. The van der Waals surface area contributed by atoms with Crippen LogP contribution < -0.4 is 0 Å². The zero-order valence-electron chi connectivity index (χ0n) is 6.34. The summed E-state index contributed by atoms with van der Waals surface area (Å²) in [6.45, 7) is 3.38. The lowest BCUT2D eigenvalue weighted by Crippen LogP contribution is -1.93. The third-order valence-corrected chi connectivity index (χ3v) is 2.78. The van der Waals surface area contributed by atoms with Crippen molar-refractivity contribution in [3.63, 3.8) is 0 Å². The monoisotopic (exact) mass is 187 g/mol. The van der Waals surface area contributed by atoms with Crippen LogP contribution in [0.1, 0.15) is 11.2 Å². The fraction of sp³-hybridized carbons (Fsp3) is 0.143. The van der Waals surface area contributed by atoms with Crippen LogP contribution in [0.15, 0.2) is 31.1 Å². The van der Waals surface area contributed by atoms with E-state index in [1.165, 1.54) is 6.08 Å². The van der Waals surface area contributed by atoms with Gasteiger partial charge in [-0.2, -0.15) is 0 Å². The van der Waals surface area contributed by atoms with Crippen LogP contribution in [0.3, 0.4) is 0 Å². The lowest BCUT2D eigenvalue weighted by atomic mass is 10.2. The number of aromatic amines is 1. The number of allylic oxidation sites excluding steroid dienone is 1. The molecule has 0 saturated heterocycles. The molecule has 1 aromatic heterocycles. The van der Waals surface area contributed by atoms with Crippen molar-refractivity contribution < 1.29 is 14.4 Å². The van der Waals surface area contributed by atoms with Crippen molar-refractivity contribution in [3.05, 3.63) is 36.7 Å². The second kappa shape index (κ2) is 3.27. The van der Waals surface area contributed by atoms with Gasteiger partial charge in [-0.15, -0.1) is 6.58 Å². The molecule has 0 aliphatic heterocycles. The standard InChI is InChI=1S/C7H10NO3P/c1-2-7(12(9,10)11)6-3-4-8-5-6/h2-5,7-8H,1H2,(H2,9,10,11). The van der Waals surface area contributed by atoms with Crippen molar-refractivity contribution in [2.75, 3.05) is 0 Å². The molecule has 3 N–H and O–H groups in total. The maximum absolute atomic E-state index is 10.9. The molecule has 0 saturated carbocycles. The Labute approximate surface area is 70.1 Å². The molecule has 1 heterocycles. The van der Waals surface area contributed by atoms with Gasteiger partial charge < -0.3 is 14.8 Å². The number of hydrogen-bond donors (Lipinski definition) is 3. The average Bonchev–Trinajstić information content (AvgIpc) is 2.38. The SMILES string of the molecule is C=CC(c1cc[nH]c1)P(=O)(O)O. The van der Waals surface area contributed by atoms with E-state index in [0.29, 0.717) is 5.56 Å². The number of nitrogens with one attached hydrogen (secondary N) is 1. The molecule has 0 aliphatic carbocycles. The van der Waals surface area contributed by atoms with Crippen molar-refractivity contribution in [1.29, 1.82) is 0 Å².